The van der Waals surface area contributed by atoms with Crippen molar-refractivity contribution >= 4 is 5.91 Å². The zero-order chi connectivity index (χ0) is 12.8. The van der Waals surface area contributed by atoms with Gasteiger partial charge in [0.25, 0.3) is 0 Å². The largest absolute Gasteiger partial charge is 0.338 e. The SMILES string of the molecule is C=C(C)CN(CC)C(=O)CN1CCC(CN)C1. The second-order valence-electron chi connectivity index (χ2n) is 4.99. The summed E-state index contributed by atoms with van der Waals surface area (Å²) >= 11 is 0. The van der Waals surface area contributed by atoms with Crippen LogP contribution in [0.2, 0.25) is 0 Å². The van der Waals surface area contributed by atoms with Crippen molar-refractivity contribution in [1.82, 2.24) is 9.80 Å². The first-order chi connectivity index (χ1) is 8.06. The lowest BCUT2D eigenvalue weighted by Crippen LogP contribution is -2.40. The van der Waals surface area contributed by atoms with E-state index in [0.29, 0.717) is 19.0 Å². The van der Waals surface area contributed by atoms with E-state index >= 15 is 0 Å². The first-order valence-corrected chi connectivity index (χ1v) is 6.41. The molecule has 2 N–H and O–H groups in total. The molecule has 98 valence electrons. The van der Waals surface area contributed by atoms with E-state index in [2.05, 4.69) is 11.5 Å². The van der Waals surface area contributed by atoms with E-state index in [4.69, 9.17) is 5.73 Å². The molecule has 4 heteroatoms. The predicted octanol–water partition coefficient (Wildman–Crippen LogP) is 0.692. The van der Waals surface area contributed by atoms with Gasteiger partial charge in [0, 0.05) is 19.6 Å². The molecule has 1 heterocycles. The predicted molar refractivity (Wildman–Crippen MR) is 70.7 cm³/mol. The lowest BCUT2D eigenvalue weighted by molar-refractivity contribution is -0.131. The van der Waals surface area contributed by atoms with E-state index in [0.717, 1.165) is 38.2 Å². The molecule has 1 saturated heterocycles. The van der Waals surface area contributed by atoms with Crippen LogP contribution in [0, 0.1) is 5.92 Å². The third kappa shape index (κ3) is 4.48. The maximum Gasteiger partial charge on any atom is 0.237 e. The molecule has 0 aromatic rings. The van der Waals surface area contributed by atoms with Gasteiger partial charge in [0.2, 0.25) is 5.91 Å². The maximum atomic E-state index is 12.1. The van der Waals surface area contributed by atoms with Crippen molar-refractivity contribution in [2.45, 2.75) is 20.3 Å². The Balaban J connectivity index is 2.39. The number of amides is 1. The highest BCUT2D eigenvalue weighted by Gasteiger charge is 2.24. The minimum absolute atomic E-state index is 0.202. The summed E-state index contributed by atoms with van der Waals surface area (Å²) in [5.74, 6) is 0.771. The van der Waals surface area contributed by atoms with Crippen LogP contribution >= 0.6 is 0 Å². The molecule has 0 spiro atoms. The van der Waals surface area contributed by atoms with Gasteiger partial charge in [-0.2, -0.15) is 0 Å². The molecule has 4 nitrogen and oxygen atoms in total. The van der Waals surface area contributed by atoms with Gasteiger partial charge in [0.15, 0.2) is 0 Å². The van der Waals surface area contributed by atoms with E-state index in [9.17, 15) is 4.79 Å². The molecule has 0 bridgehead atoms. The molecule has 0 aromatic carbocycles. The second kappa shape index (κ2) is 6.77. The number of hydrogen-bond donors (Lipinski definition) is 1. The van der Waals surface area contributed by atoms with Gasteiger partial charge in [-0.3, -0.25) is 9.69 Å². The fraction of sp³-hybridized carbons (Fsp3) is 0.769. The summed E-state index contributed by atoms with van der Waals surface area (Å²) in [7, 11) is 0. The topological polar surface area (TPSA) is 49.6 Å². The monoisotopic (exact) mass is 239 g/mol. The molecule has 0 aliphatic carbocycles. The molecule has 1 atom stereocenters. The van der Waals surface area contributed by atoms with Crippen LogP contribution in [0.5, 0.6) is 0 Å². The number of hydrogen-bond acceptors (Lipinski definition) is 3. The molecule has 17 heavy (non-hydrogen) atoms. The summed E-state index contributed by atoms with van der Waals surface area (Å²) in [5.41, 5.74) is 6.67. The number of carbonyl (C=O) groups is 1. The zero-order valence-corrected chi connectivity index (χ0v) is 11.1. The fourth-order valence-electron chi connectivity index (χ4n) is 2.24. The molecule has 0 aromatic heterocycles. The van der Waals surface area contributed by atoms with Gasteiger partial charge < -0.3 is 10.6 Å². The number of carbonyl (C=O) groups excluding carboxylic acids is 1. The molecule has 1 unspecified atom stereocenters. The number of nitrogens with zero attached hydrogens (tertiary/aromatic N) is 2. The second-order valence-corrected chi connectivity index (χ2v) is 4.99. The Morgan fingerprint density at radius 2 is 2.29 bits per heavy atom. The Morgan fingerprint density at radius 1 is 1.59 bits per heavy atom. The van der Waals surface area contributed by atoms with Gasteiger partial charge in [-0.15, -0.1) is 0 Å². The summed E-state index contributed by atoms with van der Waals surface area (Å²) in [4.78, 5) is 16.1. The third-order valence-corrected chi connectivity index (χ3v) is 3.26. The first-order valence-electron chi connectivity index (χ1n) is 6.41. The van der Waals surface area contributed by atoms with Crippen molar-refractivity contribution in [3.63, 3.8) is 0 Å². The molecule has 1 rings (SSSR count). The van der Waals surface area contributed by atoms with Gasteiger partial charge in [0.05, 0.1) is 6.54 Å². The van der Waals surface area contributed by atoms with E-state index < -0.39 is 0 Å². The van der Waals surface area contributed by atoms with Crippen LogP contribution in [-0.4, -0.2) is 55.0 Å². The van der Waals surface area contributed by atoms with Crippen molar-refractivity contribution in [2.24, 2.45) is 11.7 Å². The average molecular weight is 239 g/mol. The van der Waals surface area contributed by atoms with E-state index in [-0.39, 0.29) is 5.91 Å². The Kier molecular flexibility index (Phi) is 5.65. The Morgan fingerprint density at radius 3 is 2.76 bits per heavy atom. The van der Waals surface area contributed by atoms with Crippen molar-refractivity contribution in [2.75, 3.05) is 39.3 Å². The average Bonchev–Trinajstić information content (AvgIpc) is 2.73. The maximum absolute atomic E-state index is 12.1. The third-order valence-electron chi connectivity index (χ3n) is 3.26. The summed E-state index contributed by atoms with van der Waals surface area (Å²) in [5, 5.41) is 0. The number of likely N-dealkylation sites (N-methyl/N-ethyl adjacent to an activating group) is 1. The molecule has 1 aliphatic heterocycles. The Hall–Kier alpha value is -0.870. The van der Waals surface area contributed by atoms with Crippen LogP contribution < -0.4 is 5.73 Å². The molecule has 1 aliphatic rings. The Labute approximate surface area is 104 Å². The van der Waals surface area contributed by atoms with Gasteiger partial charge in [-0.25, -0.2) is 0 Å². The van der Waals surface area contributed by atoms with Crippen LogP contribution in [0.1, 0.15) is 20.3 Å². The quantitative estimate of drug-likeness (QED) is 0.694. The highest BCUT2D eigenvalue weighted by atomic mass is 16.2. The van der Waals surface area contributed by atoms with Gasteiger partial charge in [-0.05, 0) is 39.3 Å². The van der Waals surface area contributed by atoms with Gasteiger partial charge >= 0.3 is 0 Å². The lowest BCUT2D eigenvalue weighted by atomic mass is 10.1. The number of nitrogens with two attached hydrogens (primary N) is 1. The van der Waals surface area contributed by atoms with Crippen LogP contribution in [0.15, 0.2) is 12.2 Å². The van der Waals surface area contributed by atoms with Crippen LogP contribution in [-0.2, 0) is 4.79 Å². The van der Waals surface area contributed by atoms with Crippen LogP contribution in [0.3, 0.4) is 0 Å². The molecule has 1 amide bonds. The highest BCUT2D eigenvalue weighted by Crippen LogP contribution is 2.14. The van der Waals surface area contributed by atoms with E-state index in [1.807, 2.05) is 18.7 Å². The highest BCUT2D eigenvalue weighted by molar-refractivity contribution is 5.78. The lowest BCUT2D eigenvalue weighted by Gasteiger charge is -2.24. The smallest absolute Gasteiger partial charge is 0.237 e. The summed E-state index contributed by atoms with van der Waals surface area (Å²) in [6.45, 7) is 12.5. The van der Waals surface area contributed by atoms with Crippen LogP contribution in [0.4, 0.5) is 0 Å². The van der Waals surface area contributed by atoms with Gasteiger partial charge in [0.1, 0.15) is 0 Å². The summed E-state index contributed by atoms with van der Waals surface area (Å²) in [6, 6.07) is 0. The van der Waals surface area contributed by atoms with E-state index in [1.165, 1.54) is 0 Å². The fourth-order valence-corrected chi connectivity index (χ4v) is 2.24. The Bertz CT molecular complexity index is 278. The van der Waals surface area contributed by atoms with Crippen molar-refractivity contribution in [1.29, 1.82) is 0 Å². The number of likely N-dealkylation sites (tertiary alicyclic amines) is 1. The molecule has 0 saturated carbocycles. The zero-order valence-electron chi connectivity index (χ0n) is 11.1. The molecule has 0 radical (unpaired) electrons. The minimum atomic E-state index is 0.202. The normalized spacial score (nSPS) is 20.5. The summed E-state index contributed by atoms with van der Waals surface area (Å²) in [6.07, 6.45) is 1.12. The summed E-state index contributed by atoms with van der Waals surface area (Å²) < 4.78 is 0. The molecular formula is C13H25N3O. The standard InChI is InChI=1S/C13H25N3O/c1-4-16(8-11(2)3)13(17)10-15-6-5-12(7-14)9-15/h12H,2,4-10,14H2,1,3H3. The van der Waals surface area contributed by atoms with Crippen molar-refractivity contribution < 1.29 is 4.79 Å². The van der Waals surface area contributed by atoms with Crippen LogP contribution in [0.25, 0.3) is 0 Å². The van der Waals surface area contributed by atoms with Crippen molar-refractivity contribution in [3.05, 3.63) is 12.2 Å². The first kappa shape index (κ1) is 14.2. The minimum Gasteiger partial charge on any atom is -0.338 e. The number of rotatable bonds is 6. The molecular weight excluding hydrogens is 214 g/mol. The van der Waals surface area contributed by atoms with Gasteiger partial charge in [-0.1, -0.05) is 12.2 Å². The molecule has 1 fully saturated rings. The van der Waals surface area contributed by atoms with Crippen molar-refractivity contribution in [3.8, 4) is 0 Å². The van der Waals surface area contributed by atoms with E-state index in [1.54, 1.807) is 0 Å².